The summed E-state index contributed by atoms with van der Waals surface area (Å²) in [6.07, 6.45) is 4.68. The van der Waals surface area contributed by atoms with Crippen LogP contribution in [0.25, 0.3) is 0 Å². The van der Waals surface area contributed by atoms with Crippen molar-refractivity contribution in [1.82, 2.24) is 10.6 Å². The summed E-state index contributed by atoms with van der Waals surface area (Å²) >= 11 is 0. The number of ether oxygens (including phenoxy) is 1. The maximum Gasteiger partial charge on any atom is 0.233 e. The second kappa shape index (κ2) is 7.63. The maximum atomic E-state index is 11.4. The van der Waals surface area contributed by atoms with E-state index in [0.29, 0.717) is 19.7 Å². The van der Waals surface area contributed by atoms with Gasteiger partial charge in [-0.1, -0.05) is 12.8 Å². The number of carbonyl (C=O) groups excluding carboxylic acids is 1. The van der Waals surface area contributed by atoms with Crippen LogP contribution in [0.15, 0.2) is 0 Å². The van der Waals surface area contributed by atoms with Gasteiger partial charge in [-0.05, 0) is 19.3 Å². The minimum Gasteiger partial charge on any atom is -0.389 e. The van der Waals surface area contributed by atoms with E-state index in [4.69, 9.17) is 4.74 Å². The summed E-state index contributed by atoms with van der Waals surface area (Å²) in [7, 11) is 1.64. The van der Waals surface area contributed by atoms with Crippen LogP contribution in [0.1, 0.15) is 32.1 Å². The molecule has 17 heavy (non-hydrogen) atoms. The monoisotopic (exact) mass is 244 g/mol. The van der Waals surface area contributed by atoms with Crippen LogP contribution >= 0.6 is 0 Å². The van der Waals surface area contributed by atoms with Crippen molar-refractivity contribution in [2.75, 3.05) is 33.4 Å². The van der Waals surface area contributed by atoms with Crippen LogP contribution in [-0.2, 0) is 9.53 Å². The summed E-state index contributed by atoms with van der Waals surface area (Å²) in [5, 5.41) is 15.8. The number of amides is 1. The van der Waals surface area contributed by atoms with Crippen molar-refractivity contribution in [2.24, 2.45) is 0 Å². The Morgan fingerprint density at radius 1 is 1.41 bits per heavy atom. The Kier molecular flexibility index (Phi) is 6.47. The van der Waals surface area contributed by atoms with Gasteiger partial charge >= 0.3 is 0 Å². The van der Waals surface area contributed by atoms with Crippen molar-refractivity contribution >= 4 is 5.91 Å². The molecule has 0 aromatic heterocycles. The third-order valence-electron chi connectivity index (χ3n) is 3.12. The van der Waals surface area contributed by atoms with Gasteiger partial charge in [-0.3, -0.25) is 4.79 Å². The van der Waals surface area contributed by atoms with E-state index in [1.54, 1.807) is 7.11 Å². The molecule has 0 heterocycles. The fraction of sp³-hybridized carbons (Fsp3) is 0.917. The average molecular weight is 244 g/mol. The lowest BCUT2D eigenvalue weighted by atomic mass is 10.0. The first kappa shape index (κ1) is 14.4. The molecule has 5 heteroatoms. The van der Waals surface area contributed by atoms with E-state index >= 15 is 0 Å². The van der Waals surface area contributed by atoms with E-state index in [1.165, 1.54) is 0 Å². The molecule has 0 bridgehead atoms. The molecule has 1 fully saturated rings. The van der Waals surface area contributed by atoms with Gasteiger partial charge in [0.05, 0.1) is 12.1 Å². The lowest BCUT2D eigenvalue weighted by Gasteiger charge is -2.22. The van der Waals surface area contributed by atoms with Gasteiger partial charge in [0.2, 0.25) is 5.91 Å². The van der Waals surface area contributed by atoms with E-state index in [0.717, 1.165) is 32.1 Å². The lowest BCUT2D eigenvalue weighted by Crippen LogP contribution is -2.42. The Morgan fingerprint density at radius 2 is 2.12 bits per heavy atom. The van der Waals surface area contributed by atoms with Gasteiger partial charge in [-0.25, -0.2) is 0 Å². The van der Waals surface area contributed by atoms with Crippen molar-refractivity contribution in [3.8, 4) is 0 Å². The van der Waals surface area contributed by atoms with E-state index in [2.05, 4.69) is 10.6 Å². The molecular weight excluding hydrogens is 220 g/mol. The summed E-state index contributed by atoms with van der Waals surface area (Å²) in [4.78, 5) is 11.4. The first-order valence-corrected chi connectivity index (χ1v) is 6.35. The zero-order valence-electron chi connectivity index (χ0n) is 10.6. The minimum absolute atomic E-state index is 0.0253. The lowest BCUT2D eigenvalue weighted by molar-refractivity contribution is -0.120. The van der Waals surface area contributed by atoms with Crippen LogP contribution in [-0.4, -0.2) is 50.0 Å². The molecule has 1 amide bonds. The molecule has 0 saturated heterocycles. The number of carbonyl (C=O) groups is 1. The van der Waals surface area contributed by atoms with Gasteiger partial charge in [0.25, 0.3) is 0 Å². The number of hydrogen-bond donors (Lipinski definition) is 3. The van der Waals surface area contributed by atoms with Crippen molar-refractivity contribution in [3.05, 3.63) is 0 Å². The highest BCUT2D eigenvalue weighted by molar-refractivity contribution is 5.77. The van der Waals surface area contributed by atoms with E-state index in [9.17, 15) is 9.90 Å². The van der Waals surface area contributed by atoms with Crippen LogP contribution in [0.2, 0.25) is 0 Å². The highest BCUT2D eigenvalue weighted by atomic mass is 16.5. The maximum absolute atomic E-state index is 11.4. The molecule has 1 rings (SSSR count). The molecule has 0 aromatic carbocycles. The molecule has 0 aromatic rings. The van der Waals surface area contributed by atoms with Crippen molar-refractivity contribution in [1.29, 1.82) is 0 Å². The Bertz CT molecular complexity index is 228. The highest BCUT2D eigenvalue weighted by Crippen LogP contribution is 2.28. The molecule has 1 saturated carbocycles. The second-order valence-electron chi connectivity index (χ2n) is 4.73. The first-order valence-electron chi connectivity index (χ1n) is 6.35. The van der Waals surface area contributed by atoms with Crippen LogP contribution < -0.4 is 10.6 Å². The molecular formula is C12H24N2O3. The molecule has 0 unspecified atom stereocenters. The van der Waals surface area contributed by atoms with Crippen LogP contribution in [0.3, 0.4) is 0 Å². The van der Waals surface area contributed by atoms with Crippen LogP contribution in [0.4, 0.5) is 0 Å². The number of aliphatic hydroxyl groups is 1. The van der Waals surface area contributed by atoms with Gasteiger partial charge in [-0.2, -0.15) is 0 Å². The fourth-order valence-electron chi connectivity index (χ4n) is 2.13. The van der Waals surface area contributed by atoms with Gasteiger partial charge in [0.1, 0.15) is 0 Å². The van der Waals surface area contributed by atoms with Gasteiger partial charge in [0.15, 0.2) is 0 Å². The van der Waals surface area contributed by atoms with E-state index in [-0.39, 0.29) is 12.5 Å². The Balaban J connectivity index is 2.00. The van der Waals surface area contributed by atoms with Crippen molar-refractivity contribution < 1.29 is 14.6 Å². The van der Waals surface area contributed by atoms with Crippen molar-refractivity contribution in [2.45, 2.75) is 37.7 Å². The molecule has 3 N–H and O–H groups in total. The topological polar surface area (TPSA) is 70.6 Å². The van der Waals surface area contributed by atoms with E-state index in [1.807, 2.05) is 0 Å². The van der Waals surface area contributed by atoms with Gasteiger partial charge in [-0.15, -0.1) is 0 Å². The SMILES string of the molecule is COCCCNC(=O)CNCC1(O)CCCC1. The third-order valence-corrected chi connectivity index (χ3v) is 3.12. The number of hydrogen-bond acceptors (Lipinski definition) is 4. The molecule has 100 valence electrons. The summed E-state index contributed by atoms with van der Waals surface area (Å²) in [5.74, 6) is -0.0253. The zero-order valence-corrected chi connectivity index (χ0v) is 10.6. The van der Waals surface area contributed by atoms with Crippen LogP contribution in [0, 0.1) is 0 Å². The molecule has 0 aliphatic heterocycles. The van der Waals surface area contributed by atoms with Gasteiger partial charge in [0, 0.05) is 26.8 Å². The zero-order chi connectivity index (χ0) is 12.6. The van der Waals surface area contributed by atoms with E-state index < -0.39 is 5.60 Å². The number of methoxy groups -OCH3 is 1. The molecule has 0 atom stereocenters. The quantitative estimate of drug-likeness (QED) is 0.527. The predicted molar refractivity (Wildman–Crippen MR) is 65.8 cm³/mol. The predicted octanol–water partition coefficient (Wildman–Crippen LogP) is 0.0338. The second-order valence-corrected chi connectivity index (χ2v) is 4.73. The summed E-state index contributed by atoms with van der Waals surface area (Å²) in [6.45, 7) is 2.08. The Labute approximate surface area is 103 Å². The van der Waals surface area contributed by atoms with Crippen molar-refractivity contribution in [3.63, 3.8) is 0 Å². The fourth-order valence-corrected chi connectivity index (χ4v) is 2.13. The van der Waals surface area contributed by atoms with Gasteiger partial charge < -0.3 is 20.5 Å². The Morgan fingerprint density at radius 3 is 2.76 bits per heavy atom. The molecule has 1 aliphatic rings. The third kappa shape index (κ3) is 6.00. The Hall–Kier alpha value is -0.650. The minimum atomic E-state index is -0.587. The largest absolute Gasteiger partial charge is 0.389 e. The molecule has 5 nitrogen and oxygen atoms in total. The first-order chi connectivity index (χ1) is 8.16. The molecule has 0 spiro atoms. The summed E-state index contributed by atoms with van der Waals surface area (Å²) in [5.41, 5.74) is -0.587. The van der Waals surface area contributed by atoms with Crippen LogP contribution in [0.5, 0.6) is 0 Å². The standard InChI is InChI=1S/C12H24N2O3/c1-17-8-4-7-14-11(15)9-13-10-12(16)5-2-3-6-12/h13,16H,2-10H2,1H3,(H,14,15). The summed E-state index contributed by atoms with van der Waals surface area (Å²) in [6, 6.07) is 0. The number of rotatable bonds is 8. The smallest absolute Gasteiger partial charge is 0.233 e. The number of nitrogens with one attached hydrogen (secondary N) is 2. The highest BCUT2D eigenvalue weighted by Gasteiger charge is 2.30. The summed E-state index contributed by atoms with van der Waals surface area (Å²) < 4.78 is 4.89. The molecule has 0 radical (unpaired) electrons. The normalized spacial score (nSPS) is 18.2. The average Bonchev–Trinajstić information content (AvgIpc) is 2.72. The molecule has 1 aliphatic carbocycles.